The SMILES string of the molecule is NCc1ccc(-c2ccccn2)c(O)c1. The zero-order valence-corrected chi connectivity index (χ0v) is 8.22. The number of aromatic nitrogens is 1. The molecule has 3 heteroatoms. The Labute approximate surface area is 88.2 Å². The van der Waals surface area contributed by atoms with Gasteiger partial charge in [-0.25, -0.2) is 0 Å². The fraction of sp³-hybridized carbons (Fsp3) is 0.0833. The molecule has 0 bridgehead atoms. The summed E-state index contributed by atoms with van der Waals surface area (Å²) < 4.78 is 0. The summed E-state index contributed by atoms with van der Waals surface area (Å²) in [6, 6.07) is 11.0. The highest BCUT2D eigenvalue weighted by Gasteiger charge is 2.04. The molecule has 1 aromatic heterocycles. The van der Waals surface area contributed by atoms with Gasteiger partial charge in [-0.3, -0.25) is 4.98 Å². The summed E-state index contributed by atoms with van der Waals surface area (Å²) >= 11 is 0. The van der Waals surface area contributed by atoms with E-state index in [9.17, 15) is 5.11 Å². The topological polar surface area (TPSA) is 59.1 Å². The molecule has 76 valence electrons. The van der Waals surface area contributed by atoms with E-state index in [-0.39, 0.29) is 5.75 Å². The fourth-order valence-electron chi connectivity index (χ4n) is 1.44. The van der Waals surface area contributed by atoms with Crippen LogP contribution in [0.2, 0.25) is 0 Å². The standard InChI is InChI=1S/C12H12N2O/c13-8-9-4-5-10(12(15)7-9)11-3-1-2-6-14-11/h1-7,15H,8,13H2. The van der Waals surface area contributed by atoms with E-state index in [0.29, 0.717) is 6.54 Å². The Kier molecular flexibility index (Phi) is 2.65. The van der Waals surface area contributed by atoms with Crippen molar-refractivity contribution in [1.82, 2.24) is 4.98 Å². The summed E-state index contributed by atoms with van der Waals surface area (Å²) in [5.74, 6) is 0.219. The summed E-state index contributed by atoms with van der Waals surface area (Å²) in [6.07, 6.45) is 1.70. The highest BCUT2D eigenvalue weighted by molar-refractivity contribution is 5.66. The predicted octanol–water partition coefficient (Wildman–Crippen LogP) is 1.91. The molecule has 15 heavy (non-hydrogen) atoms. The average molecular weight is 200 g/mol. The van der Waals surface area contributed by atoms with Crippen molar-refractivity contribution in [3.05, 3.63) is 48.2 Å². The van der Waals surface area contributed by atoms with Crippen LogP contribution in [0, 0.1) is 0 Å². The molecular formula is C12H12N2O. The van der Waals surface area contributed by atoms with Crippen LogP contribution in [0.15, 0.2) is 42.6 Å². The molecule has 1 aromatic carbocycles. The average Bonchev–Trinajstić information content (AvgIpc) is 2.30. The molecule has 2 rings (SSSR count). The van der Waals surface area contributed by atoms with Crippen LogP contribution in [0.3, 0.4) is 0 Å². The van der Waals surface area contributed by atoms with Crippen LogP contribution in [-0.4, -0.2) is 10.1 Å². The number of phenols is 1. The summed E-state index contributed by atoms with van der Waals surface area (Å²) in [7, 11) is 0. The van der Waals surface area contributed by atoms with Crippen molar-refractivity contribution in [2.45, 2.75) is 6.54 Å². The van der Waals surface area contributed by atoms with Gasteiger partial charge in [0.2, 0.25) is 0 Å². The minimum Gasteiger partial charge on any atom is -0.507 e. The van der Waals surface area contributed by atoms with E-state index in [0.717, 1.165) is 16.8 Å². The zero-order chi connectivity index (χ0) is 10.7. The van der Waals surface area contributed by atoms with Crippen molar-refractivity contribution < 1.29 is 5.11 Å². The van der Waals surface area contributed by atoms with E-state index < -0.39 is 0 Å². The van der Waals surface area contributed by atoms with Gasteiger partial charge in [-0.05, 0) is 29.8 Å². The van der Waals surface area contributed by atoms with Crippen LogP contribution in [0.5, 0.6) is 5.75 Å². The molecule has 0 saturated heterocycles. The summed E-state index contributed by atoms with van der Waals surface area (Å²) in [5.41, 5.74) is 7.88. The Morgan fingerprint density at radius 2 is 2.07 bits per heavy atom. The number of benzene rings is 1. The molecule has 0 amide bonds. The Balaban J connectivity index is 2.46. The molecule has 0 spiro atoms. The molecule has 2 aromatic rings. The van der Waals surface area contributed by atoms with Gasteiger partial charge >= 0.3 is 0 Å². The van der Waals surface area contributed by atoms with Crippen LogP contribution in [0.1, 0.15) is 5.56 Å². The first-order valence-electron chi connectivity index (χ1n) is 4.74. The zero-order valence-electron chi connectivity index (χ0n) is 8.22. The normalized spacial score (nSPS) is 10.2. The van der Waals surface area contributed by atoms with Gasteiger partial charge in [-0.2, -0.15) is 0 Å². The van der Waals surface area contributed by atoms with Crippen LogP contribution >= 0.6 is 0 Å². The van der Waals surface area contributed by atoms with E-state index in [1.165, 1.54) is 0 Å². The number of rotatable bonds is 2. The third-order valence-corrected chi connectivity index (χ3v) is 2.24. The van der Waals surface area contributed by atoms with Crippen molar-refractivity contribution in [2.75, 3.05) is 0 Å². The molecule has 0 fully saturated rings. The Bertz CT molecular complexity index is 454. The molecule has 0 atom stereocenters. The Morgan fingerprint density at radius 3 is 2.67 bits per heavy atom. The minimum atomic E-state index is 0.219. The number of phenolic OH excluding ortho intramolecular Hbond substituents is 1. The quantitative estimate of drug-likeness (QED) is 0.778. The van der Waals surface area contributed by atoms with Crippen molar-refractivity contribution >= 4 is 0 Å². The lowest BCUT2D eigenvalue weighted by molar-refractivity contribution is 0.476. The van der Waals surface area contributed by atoms with Crippen molar-refractivity contribution in [2.24, 2.45) is 5.73 Å². The lowest BCUT2D eigenvalue weighted by Gasteiger charge is -2.05. The van der Waals surface area contributed by atoms with E-state index in [1.807, 2.05) is 30.3 Å². The van der Waals surface area contributed by atoms with Gasteiger partial charge in [0.05, 0.1) is 5.69 Å². The Hall–Kier alpha value is -1.87. The van der Waals surface area contributed by atoms with E-state index in [2.05, 4.69) is 4.98 Å². The molecule has 1 heterocycles. The second-order valence-electron chi connectivity index (χ2n) is 3.27. The first-order valence-corrected chi connectivity index (χ1v) is 4.74. The lowest BCUT2D eigenvalue weighted by atomic mass is 10.1. The molecule has 0 radical (unpaired) electrons. The second kappa shape index (κ2) is 4.11. The minimum absolute atomic E-state index is 0.219. The molecule has 0 aliphatic heterocycles. The molecule has 3 nitrogen and oxygen atoms in total. The smallest absolute Gasteiger partial charge is 0.125 e. The molecule has 0 aliphatic rings. The molecule has 0 saturated carbocycles. The Morgan fingerprint density at radius 1 is 1.20 bits per heavy atom. The highest BCUT2D eigenvalue weighted by atomic mass is 16.3. The molecule has 0 unspecified atom stereocenters. The maximum Gasteiger partial charge on any atom is 0.125 e. The summed E-state index contributed by atoms with van der Waals surface area (Å²) in [6.45, 7) is 0.427. The third kappa shape index (κ3) is 1.97. The van der Waals surface area contributed by atoms with Crippen LogP contribution in [0.4, 0.5) is 0 Å². The van der Waals surface area contributed by atoms with E-state index >= 15 is 0 Å². The fourth-order valence-corrected chi connectivity index (χ4v) is 1.44. The van der Waals surface area contributed by atoms with Crippen LogP contribution < -0.4 is 5.73 Å². The van der Waals surface area contributed by atoms with Gasteiger partial charge in [0.25, 0.3) is 0 Å². The second-order valence-corrected chi connectivity index (χ2v) is 3.27. The maximum atomic E-state index is 9.78. The third-order valence-electron chi connectivity index (χ3n) is 2.24. The van der Waals surface area contributed by atoms with Crippen molar-refractivity contribution in [3.8, 4) is 17.0 Å². The number of aromatic hydroxyl groups is 1. The number of nitrogens with zero attached hydrogens (tertiary/aromatic N) is 1. The first kappa shape index (κ1) is 9.68. The largest absolute Gasteiger partial charge is 0.507 e. The number of hydrogen-bond acceptors (Lipinski definition) is 3. The number of pyridine rings is 1. The van der Waals surface area contributed by atoms with Gasteiger partial charge in [-0.1, -0.05) is 12.1 Å². The monoisotopic (exact) mass is 200 g/mol. The lowest BCUT2D eigenvalue weighted by Crippen LogP contribution is -1.95. The van der Waals surface area contributed by atoms with Crippen LogP contribution in [-0.2, 0) is 6.54 Å². The van der Waals surface area contributed by atoms with Crippen molar-refractivity contribution in [1.29, 1.82) is 0 Å². The van der Waals surface area contributed by atoms with Crippen molar-refractivity contribution in [3.63, 3.8) is 0 Å². The van der Waals surface area contributed by atoms with Gasteiger partial charge in [0, 0.05) is 18.3 Å². The molecular weight excluding hydrogens is 188 g/mol. The van der Waals surface area contributed by atoms with Gasteiger partial charge in [0.1, 0.15) is 5.75 Å². The number of nitrogens with two attached hydrogens (primary N) is 1. The maximum absolute atomic E-state index is 9.78. The van der Waals surface area contributed by atoms with Gasteiger partial charge in [-0.15, -0.1) is 0 Å². The van der Waals surface area contributed by atoms with Gasteiger partial charge in [0.15, 0.2) is 0 Å². The predicted molar refractivity (Wildman–Crippen MR) is 59.2 cm³/mol. The summed E-state index contributed by atoms with van der Waals surface area (Å²) in [5, 5.41) is 9.78. The van der Waals surface area contributed by atoms with E-state index in [1.54, 1.807) is 12.3 Å². The van der Waals surface area contributed by atoms with E-state index in [4.69, 9.17) is 5.73 Å². The first-order chi connectivity index (χ1) is 7.31. The number of hydrogen-bond donors (Lipinski definition) is 2. The summed E-state index contributed by atoms with van der Waals surface area (Å²) in [4.78, 5) is 4.17. The highest BCUT2D eigenvalue weighted by Crippen LogP contribution is 2.27. The van der Waals surface area contributed by atoms with Crippen LogP contribution in [0.25, 0.3) is 11.3 Å². The molecule has 3 N–H and O–H groups in total. The van der Waals surface area contributed by atoms with Gasteiger partial charge < -0.3 is 10.8 Å². The molecule has 0 aliphatic carbocycles.